The summed E-state index contributed by atoms with van der Waals surface area (Å²) >= 11 is 4.52. The molecule has 0 radical (unpaired) electrons. The Morgan fingerprint density at radius 3 is 2.22 bits per heavy atom. The zero-order valence-electron chi connectivity index (χ0n) is 10.0. The first kappa shape index (κ1) is 11.4. The molecule has 0 unspecified atom stereocenters. The summed E-state index contributed by atoms with van der Waals surface area (Å²) in [4.78, 5) is 1.06. The molecule has 0 aliphatic rings. The van der Waals surface area contributed by atoms with Crippen molar-refractivity contribution in [3.05, 3.63) is 77.9 Å². The fourth-order valence-electron chi connectivity index (χ4n) is 2.31. The van der Waals surface area contributed by atoms with E-state index in [0.29, 0.717) is 0 Å². The molecule has 3 aromatic carbocycles. The number of fused-ring (bicyclic) bond motifs is 1. The van der Waals surface area contributed by atoms with Crippen LogP contribution in [0.1, 0.15) is 11.1 Å². The van der Waals surface area contributed by atoms with Crippen molar-refractivity contribution in [2.24, 2.45) is 0 Å². The molecule has 0 bridgehead atoms. The Labute approximate surface area is 113 Å². The number of hydrogen-bond donors (Lipinski definition) is 1. The highest BCUT2D eigenvalue weighted by Gasteiger charge is 2.03. The monoisotopic (exact) mass is 250 g/mol. The van der Waals surface area contributed by atoms with Gasteiger partial charge in [0.1, 0.15) is 0 Å². The fraction of sp³-hybridized carbons (Fsp3) is 0.0588. The van der Waals surface area contributed by atoms with E-state index in [-0.39, 0.29) is 0 Å². The predicted molar refractivity (Wildman–Crippen MR) is 80.4 cm³/mol. The van der Waals surface area contributed by atoms with Crippen LogP contribution in [0.4, 0.5) is 0 Å². The number of hydrogen-bond acceptors (Lipinski definition) is 1. The summed E-state index contributed by atoms with van der Waals surface area (Å²) in [5.74, 6) is 0. The van der Waals surface area contributed by atoms with E-state index >= 15 is 0 Å². The molecule has 0 nitrogen and oxygen atoms in total. The smallest absolute Gasteiger partial charge is 0.00754 e. The van der Waals surface area contributed by atoms with Crippen LogP contribution in [0.2, 0.25) is 0 Å². The van der Waals surface area contributed by atoms with Crippen LogP contribution >= 0.6 is 12.6 Å². The van der Waals surface area contributed by atoms with Crippen molar-refractivity contribution >= 4 is 23.4 Å². The Morgan fingerprint density at radius 1 is 0.667 bits per heavy atom. The Bertz CT molecular complexity index is 681. The molecule has 0 aromatic heterocycles. The maximum absolute atomic E-state index is 4.52. The maximum atomic E-state index is 4.52. The molecule has 0 amide bonds. The topological polar surface area (TPSA) is 0 Å². The van der Waals surface area contributed by atoms with Crippen molar-refractivity contribution < 1.29 is 0 Å². The Morgan fingerprint density at radius 2 is 1.33 bits per heavy atom. The van der Waals surface area contributed by atoms with E-state index < -0.39 is 0 Å². The van der Waals surface area contributed by atoms with Gasteiger partial charge in [-0.3, -0.25) is 0 Å². The molecule has 0 saturated carbocycles. The number of rotatable bonds is 2. The molecule has 1 heteroatoms. The maximum Gasteiger partial charge on any atom is 0.00754 e. The van der Waals surface area contributed by atoms with Crippen molar-refractivity contribution in [2.75, 3.05) is 0 Å². The van der Waals surface area contributed by atoms with Crippen LogP contribution in [-0.2, 0) is 6.42 Å². The Kier molecular flexibility index (Phi) is 3.07. The molecular formula is C17H14S. The summed E-state index contributed by atoms with van der Waals surface area (Å²) in [5, 5.41) is 2.63. The fourth-order valence-corrected chi connectivity index (χ4v) is 2.55. The van der Waals surface area contributed by atoms with Gasteiger partial charge >= 0.3 is 0 Å². The van der Waals surface area contributed by atoms with Crippen LogP contribution in [0.5, 0.6) is 0 Å². The lowest BCUT2D eigenvalue weighted by atomic mass is 9.98. The molecule has 0 aliphatic heterocycles. The summed E-state index contributed by atoms with van der Waals surface area (Å²) in [6, 6.07) is 23.3. The van der Waals surface area contributed by atoms with Gasteiger partial charge in [-0.2, -0.15) is 0 Å². The van der Waals surface area contributed by atoms with Crippen LogP contribution in [-0.4, -0.2) is 0 Å². The van der Waals surface area contributed by atoms with Gasteiger partial charge in [0, 0.05) is 4.90 Å². The van der Waals surface area contributed by atoms with E-state index in [0.717, 1.165) is 11.3 Å². The van der Waals surface area contributed by atoms with Crippen LogP contribution in [0, 0.1) is 0 Å². The van der Waals surface area contributed by atoms with E-state index in [1.54, 1.807) is 0 Å². The number of thiol groups is 1. The molecule has 0 N–H and O–H groups in total. The van der Waals surface area contributed by atoms with Crippen LogP contribution in [0.25, 0.3) is 10.8 Å². The molecule has 0 aliphatic carbocycles. The highest BCUT2D eigenvalue weighted by Crippen LogP contribution is 2.23. The van der Waals surface area contributed by atoms with Crippen molar-refractivity contribution in [2.45, 2.75) is 11.3 Å². The lowest BCUT2D eigenvalue weighted by Crippen LogP contribution is -1.91. The predicted octanol–water partition coefficient (Wildman–Crippen LogP) is 4.72. The third kappa shape index (κ3) is 2.14. The second-order valence-electron chi connectivity index (χ2n) is 4.44. The quantitative estimate of drug-likeness (QED) is 0.625. The molecule has 18 heavy (non-hydrogen) atoms. The van der Waals surface area contributed by atoms with Crippen LogP contribution < -0.4 is 0 Å². The van der Waals surface area contributed by atoms with E-state index in [1.165, 1.54) is 21.9 Å². The zero-order chi connectivity index (χ0) is 12.4. The second kappa shape index (κ2) is 4.87. The first-order valence-corrected chi connectivity index (χ1v) is 6.53. The van der Waals surface area contributed by atoms with Crippen molar-refractivity contribution in [3.63, 3.8) is 0 Å². The third-order valence-corrected chi connectivity index (χ3v) is 3.69. The standard InChI is InChI=1S/C17H14S/c18-17-11-4-2-7-15(17)12-14-9-5-8-13-6-1-3-10-16(13)14/h1-11,18H,12H2. The summed E-state index contributed by atoms with van der Waals surface area (Å²) in [7, 11) is 0. The van der Waals surface area contributed by atoms with E-state index in [1.807, 2.05) is 12.1 Å². The van der Waals surface area contributed by atoms with Gasteiger partial charge < -0.3 is 0 Å². The lowest BCUT2D eigenvalue weighted by molar-refractivity contribution is 1.15. The minimum Gasteiger partial charge on any atom is -0.143 e. The molecule has 3 rings (SSSR count). The van der Waals surface area contributed by atoms with E-state index in [2.05, 4.69) is 67.2 Å². The summed E-state index contributed by atoms with van der Waals surface area (Å²) in [5.41, 5.74) is 2.63. The van der Waals surface area contributed by atoms with Crippen molar-refractivity contribution in [3.8, 4) is 0 Å². The Hall–Kier alpha value is -1.73. The average molecular weight is 250 g/mol. The van der Waals surface area contributed by atoms with Gasteiger partial charge in [-0.05, 0) is 34.4 Å². The molecule has 0 spiro atoms. The van der Waals surface area contributed by atoms with Gasteiger partial charge in [-0.1, -0.05) is 60.7 Å². The summed E-state index contributed by atoms with van der Waals surface area (Å²) < 4.78 is 0. The van der Waals surface area contributed by atoms with E-state index in [9.17, 15) is 0 Å². The SMILES string of the molecule is Sc1ccccc1Cc1cccc2ccccc12. The summed E-state index contributed by atoms with van der Waals surface area (Å²) in [6.07, 6.45) is 0.932. The third-order valence-electron chi connectivity index (χ3n) is 3.25. The highest BCUT2D eigenvalue weighted by atomic mass is 32.1. The van der Waals surface area contributed by atoms with Crippen molar-refractivity contribution in [1.29, 1.82) is 0 Å². The highest BCUT2D eigenvalue weighted by molar-refractivity contribution is 7.80. The molecule has 88 valence electrons. The minimum atomic E-state index is 0.932. The van der Waals surface area contributed by atoms with E-state index in [4.69, 9.17) is 0 Å². The first-order valence-electron chi connectivity index (χ1n) is 6.08. The molecule has 0 atom stereocenters. The minimum absolute atomic E-state index is 0.932. The Balaban J connectivity index is 2.08. The molecule has 0 fully saturated rings. The van der Waals surface area contributed by atoms with Crippen LogP contribution in [0.3, 0.4) is 0 Å². The summed E-state index contributed by atoms with van der Waals surface area (Å²) in [6.45, 7) is 0. The van der Waals surface area contributed by atoms with Gasteiger partial charge in [-0.25, -0.2) is 0 Å². The largest absolute Gasteiger partial charge is 0.143 e. The van der Waals surface area contributed by atoms with Gasteiger partial charge in [0.05, 0.1) is 0 Å². The average Bonchev–Trinajstić information content (AvgIpc) is 2.42. The lowest BCUT2D eigenvalue weighted by Gasteiger charge is -2.08. The van der Waals surface area contributed by atoms with Gasteiger partial charge in [0.2, 0.25) is 0 Å². The molecule has 0 saturated heterocycles. The van der Waals surface area contributed by atoms with Gasteiger partial charge in [0.15, 0.2) is 0 Å². The van der Waals surface area contributed by atoms with Crippen molar-refractivity contribution in [1.82, 2.24) is 0 Å². The van der Waals surface area contributed by atoms with Gasteiger partial charge in [0.25, 0.3) is 0 Å². The zero-order valence-corrected chi connectivity index (χ0v) is 10.9. The number of benzene rings is 3. The molecular weight excluding hydrogens is 236 g/mol. The first-order chi connectivity index (χ1) is 8.84. The van der Waals surface area contributed by atoms with Crippen LogP contribution in [0.15, 0.2) is 71.6 Å². The molecule has 3 aromatic rings. The second-order valence-corrected chi connectivity index (χ2v) is 4.93. The normalized spacial score (nSPS) is 10.7. The molecule has 0 heterocycles. The van der Waals surface area contributed by atoms with Gasteiger partial charge in [-0.15, -0.1) is 12.6 Å².